The molecule has 0 atom stereocenters. The number of anilines is 3. The summed E-state index contributed by atoms with van der Waals surface area (Å²) in [6, 6.07) is 16.9. The van der Waals surface area contributed by atoms with Crippen molar-refractivity contribution in [3.8, 4) is 11.3 Å². The van der Waals surface area contributed by atoms with E-state index in [4.69, 9.17) is 10.7 Å². The van der Waals surface area contributed by atoms with E-state index in [1.165, 1.54) is 15.8 Å². The van der Waals surface area contributed by atoms with Crippen molar-refractivity contribution in [2.75, 3.05) is 55.7 Å². The average molecular weight is 499 g/mol. The third kappa shape index (κ3) is 4.59. The van der Waals surface area contributed by atoms with Gasteiger partial charge in [-0.1, -0.05) is 42.2 Å². The normalized spacial score (nSPS) is 16.2. The van der Waals surface area contributed by atoms with Crippen LogP contribution in [0.1, 0.15) is 11.1 Å². The van der Waals surface area contributed by atoms with Gasteiger partial charge in [-0.3, -0.25) is 0 Å². The number of para-hydroxylation sites is 1. The molecule has 2 aromatic heterocycles. The Bertz CT molecular complexity index is 1390. The molecule has 0 aliphatic carbocycles. The molecule has 4 heterocycles. The summed E-state index contributed by atoms with van der Waals surface area (Å²) in [5.41, 5.74) is 11.7. The van der Waals surface area contributed by atoms with Crippen molar-refractivity contribution < 1.29 is 0 Å². The second kappa shape index (κ2) is 9.40. The van der Waals surface area contributed by atoms with Crippen molar-refractivity contribution in [3.63, 3.8) is 0 Å². The summed E-state index contributed by atoms with van der Waals surface area (Å²) in [5.74, 6) is 2.08. The molecule has 0 bridgehead atoms. The number of piperazine rings is 1. The van der Waals surface area contributed by atoms with Crippen LogP contribution in [-0.4, -0.2) is 64.5 Å². The second-order valence-corrected chi connectivity index (χ2v) is 10.5. The van der Waals surface area contributed by atoms with Gasteiger partial charge in [0.2, 0.25) is 5.95 Å². The fourth-order valence-corrected chi connectivity index (χ4v) is 5.76. The highest BCUT2D eigenvalue weighted by Gasteiger charge is 2.21. The van der Waals surface area contributed by atoms with Crippen LogP contribution in [0, 0.1) is 0 Å². The maximum Gasteiger partial charge on any atom is 0.222 e. The number of rotatable bonds is 5. The Morgan fingerprint density at radius 3 is 2.64 bits per heavy atom. The topological polar surface area (TPSA) is 86.4 Å². The van der Waals surface area contributed by atoms with Crippen LogP contribution < -0.4 is 16.0 Å². The van der Waals surface area contributed by atoms with Crippen molar-refractivity contribution in [1.29, 1.82) is 0 Å². The van der Waals surface area contributed by atoms with Gasteiger partial charge in [0.15, 0.2) is 5.13 Å². The molecule has 8 nitrogen and oxygen atoms in total. The summed E-state index contributed by atoms with van der Waals surface area (Å²) < 4.78 is 1.17. The van der Waals surface area contributed by atoms with Crippen molar-refractivity contribution in [3.05, 3.63) is 72.1 Å². The Balaban J connectivity index is 1.20. The van der Waals surface area contributed by atoms with Crippen LogP contribution in [0.2, 0.25) is 0 Å². The lowest BCUT2D eigenvalue weighted by Crippen LogP contribution is -2.44. The first-order valence-corrected chi connectivity index (χ1v) is 13.1. The summed E-state index contributed by atoms with van der Waals surface area (Å²) in [5, 5.41) is 4.29. The number of aromatic nitrogens is 3. The minimum Gasteiger partial charge on any atom is -0.368 e. The van der Waals surface area contributed by atoms with Crippen LogP contribution in [0.25, 0.3) is 21.5 Å². The van der Waals surface area contributed by atoms with Gasteiger partial charge in [-0.2, -0.15) is 4.98 Å². The number of hydrogen-bond acceptors (Lipinski definition) is 9. The number of likely N-dealkylation sites (N-methyl/N-ethyl adjacent to an activating group) is 1. The summed E-state index contributed by atoms with van der Waals surface area (Å²) in [7, 11) is 2.15. The highest BCUT2D eigenvalue weighted by atomic mass is 32.1. The maximum absolute atomic E-state index is 6.14. The average Bonchev–Trinajstić information content (AvgIpc) is 3.30. The van der Waals surface area contributed by atoms with Crippen LogP contribution in [0.5, 0.6) is 0 Å². The summed E-state index contributed by atoms with van der Waals surface area (Å²) >= 11 is 1.65. The van der Waals surface area contributed by atoms with Gasteiger partial charge >= 0.3 is 0 Å². The number of benzene rings is 2. The lowest BCUT2D eigenvalue weighted by Gasteiger charge is -2.33. The maximum atomic E-state index is 6.14. The molecule has 2 aromatic carbocycles. The predicted octanol–water partition coefficient (Wildman–Crippen LogP) is 4.03. The molecule has 0 radical (unpaired) electrons. The van der Waals surface area contributed by atoms with Crippen LogP contribution in [0.3, 0.4) is 0 Å². The van der Waals surface area contributed by atoms with E-state index in [1.807, 2.05) is 18.2 Å². The van der Waals surface area contributed by atoms with Crippen LogP contribution >= 0.6 is 11.3 Å². The molecule has 6 rings (SSSR count). The van der Waals surface area contributed by atoms with E-state index in [9.17, 15) is 0 Å². The summed E-state index contributed by atoms with van der Waals surface area (Å²) in [6.07, 6.45) is 0.967. The third-order valence-electron chi connectivity index (χ3n) is 7.00. The summed E-state index contributed by atoms with van der Waals surface area (Å²) in [6.45, 7) is 9.92. The molecule has 2 aliphatic rings. The van der Waals surface area contributed by atoms with Gasteiger partial charge in [-0.25, -0.2) is 9.97 Å². The van der Waals surface area contributed by atoms with E-state index in [1.54, 1.807) is 11.3 Å². The molecular weight excluding hydrogens is 468 g/mol. The Morgan fingerprint density at radius 2 is 1.81 bits per heavy atom. The molecule has 1 fully saturated rings. The van der Waals surface area contributed by atoms with Gasteiger partial charge in [-0.15, -0.1) is 0 Å². The molecule has 0 amide bonds. The predicted molar refractivity (Wildman–Crippen MR) is 148 cm³/mol. The largest absolute Gasteiger partial charge is 0.368 e. The zero-order valence-corrected chi connectivity index (χ0v) is 21.3. The number of fused-ring (bicyclic) bond motifs is 2. The van der Waals surface area contributed by atoms with E-state index < -0.39 is 0 Å². The van der Waals surface area contributed by atoms with Crippen molar-refractivity contribution in [2.45, 2.75) is 13.0 Å². The molecule has 3 N–H and O–H groups in total. The lowest BCUT2D eigenvalue weighted by atomic mass is 9.96. The molecule has 0 spiro atoms. The Labute approximate surface area is 215 Å². The minimum absolute atomic E-state index is 0.314. The van der Waals surface area contributed by atoms with Gasteiger partial charge in [0, 0.05) is 50.9 Å². The SMILES string of the molecule is C=C(Nc1nc2ccccc2s1)N1CCc2ccc(-c3cc(N4CCN(C)CC4)nc(N)n3)cc2C1. The van der Waals surface area contributed by atoms with E-state index in [0.29, 0.717) is 5.95 Å². The van der Waals surface area contributed by atoms with E-state index in [-0.39, 0.29) is 0 Å². The molecule has 1 saturated heterocycles. The van der Waals surface area contributed by atoms with Gasteiger partial charge < -0.3 is 25.8 Å². The molecule has 184 valence electrons. The zero-order chi connectivity index (χ0) is 24.6. The first-order chi connectivity index (χ1) is 17.5. The molecule has 9 heteroatoms. The smallest absolute Gasteiger partial charge is 0.222 e. The zero-order valence-electron chi connectivity index (χ0n) is 20.4. The van der Waals surface area contributed by atoms with E-state index in [2.05, 4.69) is 73.9 Å². The molecule has 0 saturated carbocycles. The fourth-order valence-electron chi connectivity index (χ4n) is 4.87. The van der Waals surface area contributed by atoms with Crippen molar-refractivity contribution in [2.24, 2.45) is 0 Å². The number of hydrogen-bond donors (Lipinski definition) is 2. The number of nitrogen functional groups attached to an aromatic ring is 1. The number of thiazole rings is 1. The van der Waals surface area contributed by atoms with E-state index >= 15 is 0 Å². The van der Waals surface area contributed by atoms with Crippen molar-refractivity contribution in [1.82, 2.24) is 24.8 Å². The first kappa shape index (κ1) is 22.8. The number of nitrogens with one attached hydrogen (secondary N) is 1. The van der Waals surface area contributed by atoms with Gasteiger partial charge in [0.05, 0.1) is 15.9 Å². The van der Waals surface area contributed by atoms with Gasteiger partial charge in [0.1, 0.15) is 11.6 Å². The van der Waals surface area contributed by atoms with Crippen LogP contribution in [-0.2, 0) is 13.0 Å². The third-order valence-corrected chi connectivity index (χ3v) is 7.95. The number of nitrogens with zero attached hydrogens (tertiary/aromatic N) is 6. The first-order valence-electron chi connectivity index (χ1n) is 12.3. The summed E-state index contributed by atoms with van der Waals surface area (Å²) in [4.78, 5) is 20.7. The Morgan fingerprint density at radius 1 is 0.972 bits per heavy atom. The molecule has 0 unspecified atom stereocenters. The second-order valence-electron chi connectivity index (χ2n) is 9.47. The Kier molecular flexibility index (Phi) is 5.94. The standard InChI is InChI=1S/C27H30N8S/c1-18(29-27-31-22-5-3-4-6-24(22)36-27)35-10-9-19-7-8-20(15-21(19)17-35)23-16-25(32-26(28)30-23)34-13-11-33(2)12-14-34/h3-8,15-16H,1,9-14,17H2,2H3,(H,29,31)(H2,28,30,32). The highest BCUT2D eigenvalue weighted by Crippen LogP contribution is 2.31. The fraction of sp³-hybridized carbons (Fsp3) is 0.296. The van der Waals surface area contributed by atoms with Gasteiger partial charge in [0.25, 0.3) is 0 Å². The van der Waals surface area contributed by atoms with Crippen LogP contribution in [0.15, 0.2) is 60.9 Å². The molecule has 2 aliphatic heterocycles. The molecule has 4 aromatic rings. The number of nitrogens with two attached hydrogens (primary N) is 1. The molecule has 36 heavy (non-hydrogen) atoms. The van der Waals surface area contributed by atoms with Gasteiger partial charge in [-0.05, 0) is 42.8 Å². The van der Waals surface area contributed by atoms with E-state index in [0.717, 1.165) is 79.2 Å². The highest BCUT2D eigenvalue weighted by molar-refractivity contribution is 7.22. The van der Waals surface area contributed by atoms with Crippen LogP contribution in [0.4, 0.5) is 16.9 Å². The van der Waals surface area contributed by atoms with Crippen molar-refractivity contribution >= 4 is 38.5 Å². The molecular formula is C27H30N8S. The monoisotopic (exact) mass is 498 g/mol. The quantitative estimate of drug-likeness (QED) is 0.427. The minimum atomic E-state index is 0.314. The lowest BCUT2D eigenvalue weighted by molar-refractivity contribution is 0.312. The Hall–Kier alpha value is -3.69.